The Morgan fingerprint density at radius 2 is 1.27 bits per heavy atom. The fourth-order valence-corrected chi connectivity index (χ4v) is 8.29. The number of carbonyl (C=O) groups excluding carboxylic acids is 6. The van der Waals surface area contributed by atoms with Crippen molar-refractivity contribution in [1.82, 2.24) is 26.6 Å². The lowest BCUT2D eigenvalue weighted by Crippen LogP contribution is -2.71. The Morgan fingerprint density at radius 3 is 1.87 bits per heavy atom. The third-order valence-corrected chi connectivity index (χ3v) is 11.1. The van der Waals surface area contributed by atoms with Crippen LogP contribution in [0.15, 0.2) is 42.5 Å². The first-order valence-corrected chi connectivity index (χ1v) is 22.1. The lowest BCUT2D eigenvalue weighted by molar-refractivity contribution is -0.205. The minimum absolute atomic E-state index is 0.00847. The first kappa shape index (κ1) is 49.8. The zero-order valence-corrected chi connectivity index (χ0v) is 39.2. The van der Waals surface area contributed by atoms with Crippen LogP contribution in [0.5, 0.6) is 0 Å². The van der Waals surface area contributed by atoms with Gasteiger partial charge in [0, 0.05) is 32.0 Å². The van der Waals surface area contributed by atoms with Gasteiger partial charge in [0.2, 0.25) is 11.8 Å². The van der Waals surface area contributed by atoms with Gasteiger partial charge in [-0.2, -0.15) is 0 Å². The fourth-order valence-electron chi connectivity index (χ4n) is 8.29. The normalized spacial score (nSPS) is 19.9. The molecule has 0 aromatic heterocycles. The summed E-state index contributed by atoms with van der Waals surface area (Å²) in [6, 6.07) is 11.3. The molecule has 2 bridgehead atoms. The molecule has 0 saturated heterocycles. The Hall–Kier alpha value is -4.88. The average molecular weight is 864 g/mol. The van der Waals surface area contributed by atoms with E-state index in [1.165, 1.54) is 0 Å². The summed E-state index contributed by atoms with van der Waals surface area (Å²) in [6.45, 7) is 22.8. The second kappa shape index (κ2) is 19.7. The number of ether oxygens (including phenoxy) is 3. The molecule has 5 amide bonds. The summed E-state index contributed by atoms with van der Waals surface area (Å²) in [5.74, 6) is -1.54. The minimum atomic E-state index is -1.07. The molecule has 3 fully saturated rings. The van der Waals surface area contributed by atoms with Crippen molar-refractivity contribution in [3.05, 3.63) is 48.0 Å². The van der Waals surface area contributed by atoms with Crippen molar-refractivity contribution in [3.8, 4) is 0 Å². The highest BCUT2D eigenvalue weighted by molar-refractivity contribution is 5.92. The maximum Gasteiger partial charge on any atom is 0.407 e. The topological polar surface area (TPSA) is 190 Å². The zero-order valence-electron chi connectivity index (χ0n) is 39.2. The van der Waals surface area contributed by atoms with Crippen LogP contribution in [0.1, 0.15) is 140 Å². The fraction of sp³-hybridized carbons (Fsp3) is 0.667. The molecule has 344 valence electrons. The number of benzene rings is 2. The van der Waals surface area contributed by atoms with Gasteiger partial charge < -0.3 is 40.8 Å². The Balaban J connectivity index is 1.33. The molecule has 5 N–H and O–H groups in total. The number of alkyl carbamates (subject to hydrolysis) is 1. The van der Waals surface area contributed by atoms with Crippen LogP contribution in [-0.4, -0.2) is 83.9 Å². The highest BCUT2D eigenvalue weighted by atomic mass is 16.6. The molecule has 3 aliphatic rings. The van der Waals surface area contributed by atoms with Crippen LogP contribution in [0.3, 0.4) is 0 Å². The Kier molecular flexibility index (Phi) is 15.8. The van der Waals surface area contributed by atoms with E-state index in [9.17, 15) is 28.8 Å². The summed E-state index contributed by atoms with van der Waals surface area (Å²) in [6.07, 6.45) is 3.56. The summed E-state index contributed by atoms with van der Waals surface area (Å²) in [5, 5.41) is 16.9. The van der Waals surface area contributed by atoms with Crippen LogP contribution in [0.25, 0.3) is 10.8 Å². The quantitative estimate of drug-likeness (QED) is 0.0578. The molecule has 0 radical (unpaired) electrons. The van der Waals surface area contributed by atoms with Crippen molar-refractivity contribution in [1.29, 1.82) is 0 Å². The molecule has 14 nitrogen and oxygen atoms in total. The van der Waals surface area contributed by atoms with Crippen LogP contribution in [0.4, 0.5) is 9.59 Å². The van der Waals surface area contributed by atoms with Crippen molar-refractivity contribution in [2.75, 3.05) is 13.1 Å². The molecule has 3 aliphatic carbocycles. The molecule has 5 rings (SSSR count). The number of nitrogens with one attached hydrogen (secondary N) is 5. The summed E-state index contributed by atoms with van der Waals surface area (Å²) in [4.78, 5) is 78.8. The lowest BCUT2D eigenvalue weighted by Gasteiger charge is -2.69. The zero-order chi connectivity index (χ0) is 46.3. The van der Waals surface area contributed by atoms with Gasteiger partial charge in [-0.1, -0.05) is 63.2 Å². The predicted octanol–water partition coefficient (Wildman–Crippen LogP) is 7.39. The summed E-state index contributed by atoms with van der Waals surface area (Å²) in [5.41, 5.74) is -2.19. The Morgan fingerprint density at radius 1 is 0.661 bits per heavy atom. The Labute approximate surface area is 368 Å². The number of carbonyl (C=O) groups is 6. The number of hydrogen-bond acceptors (Lipinski definition) is 9. The van der Waals surface area contributed by atoms with E-state index in [1.807, 2.05) is 84.0 Å². The van der Waals surface area contributed by atoms with Crippen molar-refractivity contribution < 1.29 is 43.0 Å². The SMILES string of the molecule is CC(C)(C)OC(=O)CC[C@H](NC(=O)N[C@@H](CCCCNC(=O)[C@H](Cc1ccc2ccccc2c1)NC(=O)C12CC(CNC(=O)OC(C)(C)C)(C1)C2)C(C)(C)C)C(=O)OC(C)(C)C. The van der Waals surface area contributed by atoms with Crippen molar-refractivity contribution in [2.45, 2.75) is 176 Å². The van der Waals surface area contributed by atoms with E-state index in [2.05, 4.69) is 26.6 Å². The largest absolute Gasteiger partial charge is 0.460 e. The lowest BCUT2D eigenvalue weighted by atomic mass is 9.35. The smallest absolute Gasteiger partial charge is 0.407 e. The van der Waals surface area contributed by atoms with E-state index in [4.69, 9.17) is 14.2 Å². The molecule has 2 aromatic rings. The number of fused-ring (bicyclic) bond motifs is 1. The molecule has 2 aromatic carbocycles. The van der Waals surface area contributed by atoms with Crippen molar-refractivity contribution in [2.24, 2.45) is 16.2 Å². The number of rotatable bonds is 18. The van der Waals surface area contributed by atoms with Gasteiger partial charge in [0.05, 0.1) is 5.41 Å². The van der Waals surface area contributed by atoms with Crippen molar-refractivity contribution in [3.63, 3.8) is 0 Å². The van der Waals surface area contributed by atoms with Crippen molar-refractivity contribution >= 4 is 46.6 Å². The van der Waals surface area contributed by atoms with Gasteiger partial charge in [0.15, 0.2) is 0 Å². The van der Waals surface area contributed by atoms with E-state index < -0.39 is 58.4 Å². The molecule has 3 atom stereocenters. The van der Waals surface area contributed by atoms with Gasteiger partial charge in [-0.25, -0.2) is 14.4 Å². The van der Waals surface area contributed by atoms with E-state index >= 15 is 0 Å². The van der Waals surface area contributed by atoms with Gasteiger partial charge in [-0.05, 0) is 134 Å². The van der Waals surface area contributed by atoms with E-state index in [0.717, 1.165) is 16.3 Å². The van der Waals surface area contributed by atoms with Crippen LogP contribution < -0.4 is 26.6 Å². The second-order valence-corrected chi connectivity index (χ2v) is 21.6. The maximum atomic E-state index is 13.8. The molecule has 3 saturated carbocycles. The second-order valence-electron chi connectivity index (χ2n) is 21.6. The molecule has 0 unspecified atom stereocenters. The van der Waals surface area contributed by atoms with Gasteiger partial charge in [0.25, 0.3) is 0 Å². The van der Waals surface area contributed by atoms with Crippen LogP contribution in [-0.2, 0) is 39.8 Å². The maximum absolute atomic E-state index is 13.8. The minimum Gasteiger partial charge on any atom is -0.460 e. The van der Waals surface area contributed by atoms with E-state index in [1.54, 1.807) is 41.5 Å². The first-order chi connectivity index (χ1) is 28.6. The molecule has 62 heavy (non-hydrogen) atoms. The van der Waals surface area contributed by atoms with E-state index in [0.29, 0.717) is 58.0 Å². The van der Waals surface area contributed by atoms with Crippen LogP contribution in [0, 0.1) is 16.2 Å². The van der Waals surface area contributed by atoms with Gasteiger partial charge >= 0.3 is 24.1 Å². The molecule has 0 aliphatic heterocycles. The third kappa shape index (κ3) is 15.2. The first-order valence-electron chi connectivity index (χ1n) is 22.1. The molecular weight excluding hydrogens is 791 g/mol. The van der Waals surface area contributed by atoms with Crippen LogP contribution >= 0.6 is 0 Å². The number of hydrogen-bond donors (Lipinski definition) is 5. The monoisotopic (exact) mass is 864 g/mol. The number of unbranched alkanes of at least 4 members (excludes halogenated alkanes) is 1. The van der Waals surface area contributed by atoms with Gasteiger partial charge in [-0.3, -0.25) is 14.4 Å². The molecule has 0 spiro atoms. The molecule has 14 heteroatoms. The standard InChI is InChI=1S/C48H73N5O9/c1-43(2,3)36(53-41(58)52-34(39(56)61-45(7,8)9)22-23-37(54)60-44(4,5)6)19-15-16-24-49-38(55)35(26-31-20-21-32-17-13-14-18-33(32)25-31)51-40(57)48-27-47(28-48,29-48)30-50-42(59)62-46(10,11)12/h13-14,17-18,20-21,25,34-36H,15-16,19,22-24,26-30H2,1-12H3,(H,49,55)(H,50,59)(H,51,57)(H2,52,53,58)/t34-,35-,36-,47?,48?/m0/s1. The Bertz CT molecular complexity index is 1920. The summed E-state index contributed by atoms with van der Waals surface area (Å²) < 4.78 is 16.3. The third-order valence-electron chi connectivity index (χ3n) is 11.1. The summed E-state index contributed by atoms with van der Waals surface area (Å²) in [7, 11) is 0. The van der Waals surface area contributed by atoms with Gasteiger partial charge in [0.1, 0.15) is 28.9 Å². The predicted molar refractivity (Wildman–Crippen MR) is 239 cm³/mol. The van der Waals surface area contributed by atoms with E-state index in [-0.39, 0.29) is 41.5 Å². The highest BCUT2D eigenvalue weighted by Crippen LogP contribution is 2.73. The highest BCUT2D eigenvalue weighted by Gasteiger charge is 2.71. The molecular formula is C48H73N5O9. The molecule has 0 heterocycles. The number of amides is 5. The summed E-state index contributed by atoms with van der Waals surface area (Å²) >= 11 is 0. The number of urea groups is 1. The number of esters is 2. The average Bonchev–Trinajstić information content (AvgIpc) is 3.08. The van der Waals surface area contributed by atoms with Gasteiger partial charge in [-0.15, -0.1) is 0 Å². The van der Waals surface area contributed by atoms with Crippen LogP contribution in [0.2, 0.25) is 0 Å².